The molecule has 0 spiro atoms. The van der Waals surface area contributed by atoms with Crippen LogP contribution < -0.4 is 15.4 Å². The fourth-order valence-corrected chi connectivity index (χ4v) is 2.45. The van der Waals surface area contributed by atoms with Gasteiger partial charge in [-0.3, -0.25) is 9.48 Å². The Morgan fingerprint density at radius 2 is 2.12 bits per heavy atom. The van der Waals surface area contributed by atoms with Gasteiger partial charge in [0.1, 0.15) is 18.4 Å². The molecule has 0 fully saturated rings. The lowest BCUT2D eigenvalue weighted by atomic mass is 10.1. The van der Waals surface area contributed by atoms with Crippen LogP contribution in [0.3, 0.4) is 0 Å². The van der Waals surface area contributed by atoms with Crippen molar-refractivity contribution in [2.24, 2.45) is 7.05 Å². The number of carbonyl (C=O) groups excluding carboxylic acids is 1. The van der Waals surface area contributed by atoms with Crippen LogP contribution in [0.15, 0.2) is 36.7 Å². The van der Waals surface area contributed by atoms with Crippen LogP contribution in [0.5, 0.6) is 5.75 Å². The van der Waals surface area contributed by atoms with E-state index >= 15 is 0 Å². The van der Waals surface area contributed by atoms with Crippen LogP contribution in [0, 0.1) is 0 Å². The highest BCUT2D eigenvalue weighted by atomic mass is 16.5. The van der Waals surface area contributed by atoms with Gasteiger partial charge >= 0.3 is 0 Å². The van der Waals surface area contributed by atoms with Gasteiger partial charge in [0.05, 0.1) is 6.20 Å². The van der Waals surface area contributed by atoms with Gasteiger partial charge in [0.15, 0.2) is 0 Å². The number of aromatic nitrogens is 2. The number of aryl methyl sites for hydroxylation is 1. The van der Waals surface area contributed by atoms with Crippen molar-refractivity contribution >= 4 is 5.91 Å². The van der Waals surface area contributed by atoms with E-state index in [-0.39, 0.29) is 5.91 Å². The van der Waals surface area contributed by atoms with Gasteiger partial charge in [-0.2, -0.15) is 5.10 Å². The molecule has 1 unspecified atom stereocenters. The Kier molecular flexibility index (Phi) is 6.97. The van der Waals surface area contributed by atoms with Crippen molar-refractivity contribution in [1.82, 2.24) is 25.3 Å². The zero-order valence-corrected chi connectivity index (χ0v) is 15.3. The molecule has 1 aromatic heterocycles. The van der Waals surface area contributed by atoms with E-state index in [1.54, 1.807) is 17.9 Å². The largest absolute Gasteiger partial charge is 0.492 e. The topological polar surface area (TPSA) is 71.4 Å². The van der Waals surface area contributed by atoms with Gasteiger partial charge in [-0.05, 0) is 27.2 Å². The summed E-state index contributed by atoms with van der Waals surface area (Å²) in [6.45, 7) is 1.85. The van der Waals surface area contributed by atoms with E-state index in [4.69, 9.17) is 4.74 Å². The first-order valence-corrected chi connectivity index (χ1v) is 8.30. The average molecular weight is 345 g/mol. The second kappa shape index (κ2) is 9.19. The average Bonchev–Trinajstić information content (AvgIpc) is 3.00. The molecule has 25 heavy (non-hydrogen) atoms. The molecule has 0 bridgehead atoms. The highest BCUT2D eigenvalue weighted by Crippen LogP contribution is 2.18. The van der Waals surface area contributed by atoms with Crippen molar-refractivity contribution in [3.05, 3.63) is 47.8 Å². The van der Waals surface area contributed by atoms with Gasteiger partial charge in [-0.25, -0.2) is 0 Å². The van der Waals surface area contributed by atoms with E-state index in [0.29, 0.717) is 13.2 Å². The summed E-state index contributed by atoms with van der Waals surface area (Å²) in [4.78, 5) is 14.6. The van der Waals surface area contributed by atoms with Crippen LogP contribution in [0.4, 0.5) is 0 Å². The van der Waals surface area contributed by atoms with Crippen molar-refractivity contribution in [3.63, 3.8) is 0 Å². The molecule has 0 saturated heterocycles. The van der Waals surface area contributed by atoms with Crippen LogP contribution in [0.25, 0.3) is 0 Å². The van der Waals surface area contributed by atoms with Crippen LogP contribution in [-0.4, -0.2) is 54.9 Å². The molecule has 0 aliphatic rings. The highest BCUT2D eigenvalue weighted by molar-refractivity contribution is 5.83. The van der Waals surface area contributed by atoms with E-state index in [9.17, 15) is 4.79 Å². The molecular weight excluding hydrogens is 318 g/mol. The SMILES string of the molecule is CNC(C(=O)NCc1ccccc1OCCN(C)C)c1cnn(C)c1. The molecule has 1 amide bonds. The van der Waals surface area contributed by atoms with Gasteiger partial charge in [-0.15, -0.1) is 0 Å². The number of likely N-dealkylation sites (N-methyl/N-ethyl adjacent to an activating group) is 2. The van der Waals surface area contributed by atoms with Crippen molar-refractivity contribution in [2.45, 2.75) is 12.6 Å². The Labute approximate surface area is 149 Å². The number of rotatable bonds is 9. The molecule has 2 aromatic rings. The molecule has 136 valence electrons. The lowest BCUT2D eigenvalue weighted by Crippen LogP contribution is -2.35. The normalized spacial score (nSPS) is 12.2. The molecular formula is C18H27N5O2. The molecule has 0 aliphatic heterocycles. The maximum absolute atomic E-state index is 12.5. The summed E-state index contributed by atoms with van der Waals surface area (Å²) >= 11 is 0. The first-order valence-electron chi connectivity index (χ1n) is 8.30. The monoisotopic (exact) mass is 345 g/mol. The predicted octanol–water partition coefficient (Wildman–Crippen LogP) is 0.937. The van der Waals surface area contributed by atoms with Gasteiger partial charge in [0, 0.05) is 37.5 Å². The molecule has 1 atom stereocenters. The van der Waals surface area contributed by atoms with Crippen LogP contribution >= 0.6 is 0 Å². The summed E-state index contributed by atoms with van der Waals surface area (Å²) in [6.07, 6.45) is 3.53. The second-order valence-electron chi connectivity index (χ2n) is 6.15. The number of hydrogen-bond donors (Lipinski definition) is 2. The third-order valence-corrected chi connectivity index (χ3v) is 3.83. The number of hydrogen-bond acceptors (Lipinski definition) is 5. The van der Waals surface area contributed by atoms with Crippen LogP contribution in [0.2, 0.25) is 0 Å². The number of nitrogens with zero attached hydrogens (tertiary/aromatic N) is 3. The Morgan fingerprint density at radius 1 is 1.36 bits per heavy atom. The van der Waals surface area contributed by atoms with Gasteiger partial charge in [0.25, 0.3) is 0 Å². The third-order valence-electron chi connectivity index (χ3n) is 3.83. The first-order chi connectivity index (χ1) is 12.0. The molecule has 2 rings (SSSR count). The first kappa shape index (κ1) is 19.0. The number of carbonyl (C=O) groups is 1. The Balaban J connectivity index is 1.96. The lowest BCUT2D eigenvalue weighted by Gasteiger charge is -2.17. The zero-order valence-electron chi connectivity index (χ0n) is 15.3. The quantitative estimate of drug-likeness (QED) is 0.708. The number of para-hydroxylation sites is 1. The van der Waals surface area contributed by atoms with Crippen LogP contribution in [-0.2, 0) is 18.4 Å². The predicted molar refractivity (Wildman–Crippen MR) is 97.3 cm³/mol. The van der Waals surface area contributed by atoms with E-state index < -0.39 is 6.04 Å². The van der Waals surface area contributed by atoms with Gasteiger partial charge < -0.3 is 20.3 Å². The molecule has 0 aliphatic carbocycles. The summed E-state index contributed by atoms with van der Waals surface area (Å²) < 4.78 is 7.51. The minimum Gasteiger partial charge on any atom is -0.492 e. The second-order valence-corrected chi connectivity index (χ2v) is 6.15. The summed E-state index contributed by atoms with van der Waals surface area (Å²) in [6, 6.07) is 7.33. The Bertz CT molecular complexity index is 684. The fourth-order valence-electron chi connectivity index (χ4n) is 2.45. The van der Waals surface area contributed by atoms with E-state index in [1.807, 2.05) is 51.6 Å². The van der Waals surface area contributed by atoms with E-state index in [1.165, 1.54) is 0 Å². The maximum Gasteiger partial charge on any atom is 0.242 e. The minimum atomic E-state index is -0.435. The standard InChI is InChI=1S/C18H27N5O2/c1-19-17(15-12-21-23(4)13-15)18(24)20-11-14-7-5-6-8-16(14)25-10-9-22(2)3/h5-8,12-13,17,19H,9-11H2,1-4H3,(H,20,24). The van der Waals surface area contributed by atoms with Crippen molar-refractivity contribution in [2.75, 3.05) is 34.3 Å². The molecule has 0 radical (unpaired) electrons. The van der Waals surface area contributed by atoms with Crippen molar-refractivity contribution in [3.8, 4) is 5.75 Å². The summed E-state index contributed by atoms with van der Waals surface area (Å²) in [5, 5.41) is 10.1. The van der Waals surface area contributed by atoms with Crippen LogP contribution in [0.1, 0.15) is 17.2 Å². The smallest absolute Gasteiger partial charge is 0.242 e. The number of ether oxygens (including phenoxy) is 1. The summed E-state index contributed by atoms with van der Waals surface area (Å²) in [5.41, 5.74) is 1.79. The lowest BCUT2D eigenvalue weighted by molar-refractivity contribution is -0.123. The summed E-state index contributed by atoms with van der Waals surface area (Å²) in [5.74, 6) is 0.700. The molecule has 1 aromatic carbocycles. The Morgan fingerprint density at radius 3 is 2.76 bits per heavy atom. The van der Waals surface area contributed by atoms with E-state index in [0.717, 1.165) is 23.4 Å². The van der Waals surface area contributed by atoms with Gasteiger partial charge in [0.2, 0.25) is 5.91 Å². The molecule has 2 N–H and O–H groups in total. The summed E-state index contributed by atoms with van der Waals surface area (Å²) in [7, 11) is 7.60. The van der Waals surface area contributed by atoms with E-state index in [2.05, 4.69) is 20.6 Å². The zero-order chi connectivity index (χ0) is 18.2. The van der Waals surface area contributed by atoms with Crippen molar-refractivity contribution < 1.29 is 9.53 Å². The fraction of sp³-hybridized carbons (Fsp3) is 0.444. The number of amides is 1. The Hall–Kier alpha value is -2.38. The van der Waals surface area contributed by atoms with Crippen molar-refractivity contribution in [1.29, 1.82) is 0 Å². The molecule has 0 saturated carbocycles. The number of nitrogens with one attached hydrogen (secondary N) is 2. The number of benzene rings is 1. The molecule has 1 heterocycles. The molecule has 7 nitrogen and oxygen atoms in total. The van der Waals surface area contributed by atoms with Gasteiger partial charge in [-0.1, -0.05) is 18.2 Å². The maximum atomic E-state index is 12.5. The molecule has 7 heteroatoms. The third kappa shape index (κ3) is 5.58. The minimum absolute atomic E-state index is 0.0985. The highest BCUT2D eigenvalue weighted by Gasteiger charge is 2.20.